The Hall–Kier alpha value is -3.14. The molecular formula is C18H21N3O6S. The van der Waals surface area contributed by atoms with Crippen LogP contribution >= 0.6 is 12.2 Å². The summed E-state index contributed by atoms with van der Waals surface area (Å²) in [7, 11) is 1.33. The molecule has 0 aliphatic rings. The van der Waals surface area contributed by atoms with E-state index < -0.39 is 11.5 Å². The second-order valence-electron chi connectivity index (χ2n) is 5.80. The summed E-state index contributed by atoms with van der Waals surface area (Å²) < 4.78 is 15.1. The quantitative estimate of drug-likeness (QED) is 0.202. The van der Waals surface area contributed by atoms with Gasteiger partial charge in [-0.2, -0.15) is 0 Å². The van der Waals surface area contributed by atoms with Gasteiger partial charge in [-0.15, -0.1) is 0 Å². The summed E-state index contributed by atoms with van der Waals surface area (Å²) in [5, 5.41) is 3.84. The number of benzene rings is 1. The van der Waals surface area contributed by atoms with Crippen molar-refractivity contribution in [2.24, 2.45) is 0 Å². The smallest absolute Gasteiger partial charge is 0.336 e. The Morgan fingerprint density at radius 1 is 1.21 bits per heavy atom. The fraction of sp³-hybridized carbons (Fsp3) is 0.333. The van der Waals surface area contributed by atoms with Crippen molar-refractivity contribution in [3.8, 4) is 5.75 Å². The molecule has 1 amide bonds. The van der Waals surface area contributed by atoms with Crippen molar-refractivity contribution >= 4 is 40.2 Å². The highest BCUT2D eigenvalue weighted by atomic mass is 32.1. The van der Waals surface area contributed by atoms with Gasteiger partial charge in [0.2, 0.25) is 0 Å². The number of esters is 1. The lowest BCUT2D eigenvalue weighted by molar-refractivity contribution is -0.140. The number of ether oxygens (including phenoxy) is 2. The van der Waals surface area contributed by atoms with E-state index in [0.29, 0.717) is 24.3 Å². The molecule has 2 aromatic rings. The predicted molar refractivity (Wildman–Crippen MR) is 106 cm³/mol. The van der Waals surface area contributed by atoms with E-state index in [9.17, 15) is 14.4 Å². The van der Waals surface area contributed by atoms with Crippen LogP contribution in [0.4, 0.5) is 0 Å². The van der Waals surface area contributed by atoms with Crippen LogP contribution in [0.3, 0.4) is 0 Å². The average Bonchev–Trinajstić information content (AvgIpc) is 2.67. The first-order valence-electron chi connectivity index (χ1n) is 8.46. The molecule has 1 heterocycles. The minimum atomic E-state index is -0.454. The third kappa shape index (κ3) is 6.54. The van der Waals surface area contributed by atoms with Crippen LogP contribution in [0.1, 0.15) is 18.4 Å². The third-order valence-electron chi connectivity index (χ3n) is 3.68. The molecule has 150 valence electrons. The molecule has 0 radical (unpaired) electrons. The molecule has 0 aliphatic heterocycles. The average molecular weight is 407 g/mol. The third-order valence-corrected chi connectivity index (χ3v) is 3.93. The zero-order valence-corrected chi connectivity index (χ0v) is 16.3. The minimum absolute atomic E-state index is 0.209. The van der Waals surface area contributed by atoms with Gasteiger partial charge in [0.25, 0.3) is 5.91 Å². The number of fused-ring (bicyclic) bond motifs is 1. The number of carbonyl (C=O) groups excluding carboxylic acids is 2. The topological polar surface area (TPSA) is 119 Å². The summed E-state index contributed by atoms with van der Waals surface area (Å²) >= 11 is 5.00. The predicted octanol–water partition coefficient (Wildman–Crippen LogP) is 0.929. The normalized spacial score (nSPS) is 10.2. The lowest BCUT2D eigenvalue weighted by Gasteiger charge is -2.12. The molecule has 0 atom stereocenters. The van der Waals surface area contributed by atoms with Crippen LogP contribution in [-0.2, 0) is 14.3 Å². The Kier molecular flexibility index (Phi) is 7.76. The van der Waals surface area contributed by atoms with Crippen LogP contribution in [0, 0.1) is 6.92 Å². The number of aryl methyl sites for hydroxylation is 1. The molecule has 0 unspecified atom stereocenters. The van der Waals surface area contributed by atoms with Gasteiger partial charge in [0.05, 0.1) is 7.11 Å². The van der Waals surface area contributed by atoms with Gasteiger partial charge in [-0.3, -0.25) is 20.4 Å². The zero-order chi connectivity index (χ0) is 20.5. The van der Waals surface area contributed by atoms with Crippen molar-refractivity contribution in [3.05, 3.63) is 40.2 Å². The summed E-state index contributed by atoms with van der Waals surface area (Å²) in [4.78, 5) is 34.3. The molecule has 0 spiro atoms. The molecule has 0 bridgehead atoms. The van der Waals surface area contributed by atoms with Crippen LogP contribution in [0.25, 0.3) is 11.0 Å². The number of hydrogen-bond donors (Lipinski definition) is 3. The molecule has 0 saturated heterocycles. The van der Waals surface area contributed by atoms with Crippen molar-refractivity contribution in [1.29, 1.82) is 0 Å². The number of methoxy groups -OCH3 is 1. The Morgan fingerprint density at radius 3 is 2.75 bits per heavy atom. The molecule has 10 heteroatoms. The van der Waals surface area contributed by atoms with E-state index in [4.69, 9.17) is 21.4 Å². The van der Waals surface area contributed by atoms with E-state index in [1.54, 1.807) is 18.2 Å². The molecule has 9 nitrogen and oxygen atoms in total. The van der Waals surface area contributed by atoms with Gasteiger partial charge < -0.3 is 19.2 Å². The molecule has 1 aromatic carbocycles. The van der Waals surface area contributed by atoms with Crippen LogP contribution in [0.15, 0.2) is 33.5 Å². The van der Waals surface area contributed by atoms with E-state index in [1.165, 1.54) is 13.2 Å². The van der Waals surface area contributed by atoms with Crippen molar-refractivity contribution in [3.63, 3.8) is 0 Å². The van der Waals surface area contributed by atoms with Crippen LogP contribution in [0.5, 0.6) is 5.75 Å². The Morgan fingerprint density at radius 2 is 2.00 bits per heavy atom. The maximum Gasteiger partial charge on any atom is 0.336 e. The van der Waals surface area contributed by atoms with E-state index in [2.05, 4.69) is 20.9 Å². The fourth-order valence-electron chi connectivity index (χ4n) is 2.29. The summed E-state index contributed by atoms with van der Waals surface area (Å²) in [5.41, 5.74) is 5.65. The van der Waals surface area contributed by atoms with Crippen molar-refractivity contribution < 1.29 is 23.5 Å². The van der Waals surface area contributed by atoms with E-state index >= 15 is 0 Å². The second kappa shape index (κ2) is 10.3. The number of hydrogen-bond acceptors (Lipinski definition) is 7. The highest BCUT2D eigenvalue weighted by Gasteiger charge is 2.07. The van der Waals surface area contributed by atoms with Crippen LogP contribution in [0.2, 0.25) is 0 Å². The van der Waals surface area contributed by atoms with E-state index in [-0.39, 0.29) is 24.1 Å². The van der Waals surface area contributed by atoms with E-state index in [0.717, 1.165) is 10.9 Å². The zero-order valence-electron chi connectivity index (χ0n) is 15.5. The fourth-order valence-corrected chi connectivity index (χ4v) is 2.44. The van der Waals surface area contributed by atoms with Gasteiger partial charge in [-0.25, -0.2) is 4.79 Å². The summed E-state index contributed by atoms with van der Waals surface area (Å²) in [6, 6.07) is 6.41. The summed E-state index contributed by atoms with van der Waals surface area (Å²) in [6.07, 6.45) is 0.820. The first-order chi connectivity index (χ1) is 13.4. The lowest BCUT2D eigenvalue weighted by atomic mass is 10.1. The minimum Gasteiger partial charge on any atom is -0.484 e. The maximum absolute atomic E-state index is 11.8. The molecule has 0 fully saturated rings. The van der Waals surface area contributed by atoms with Gasteiger partial charge in [-0.1, -0.05) is 0 Å². The number of carbonyl (C=O) groups is 2. The number of amides is 1. The molecule has 0 aliphatic carbocycles. The molecule has 3 N–H and O–H groups in total. The molecule has 1 aromatic heterocycles. The molecule has 28 heavy (non-hydrogen) atoms. The Labute approximate surface area is 166 Å². The Bertz CT molecular complexity index is 927. The van der Waals surface area contributed by atoms with Gasteiger partial charge in [0.1, 0.15) is 11.3 Å². The lowest BCUT2D eigenvalue weighted by Crippen LogP contribution is -2.48. The number of hydrazine groups is 1. The van der Waals surface area contributed by atoms with Gasteiger partial charge in [0, 0.05) is 30.5 Å². The highest BCUT2D eigenvalue weighted by molar-refractivity contribution is 7.80. The number of thiocarbonyl (C=S) groups is 1. The first kappa shape index (κ1) is 21.2. The molecule has 0 saturated carbocycles. The van der Waals surface area contributed by atoms with Gasteiger partial charge >= 0.3 is 11.6 Å². The second-order valence-corrected chi connectivity index (χ2v) is 6.21. The van der Waals surface area contributed by atoms with E-state index in [1.807, 2.05) is 6.92 Å². The van der Waals surface area contributed by atoms with Gasteiger partial charge in [-0.05, 0) is 43.3 Å². The first-order valence-corrected chi connectivity index (χ1v) is 8.86. The van der Waals surface area contributed by atoms with Crippen LogP contribution < -0.4 is 26.5 Å². The number of nitrogens with one attached hydrogen (secondary N) is 3. The van der Waals surface area contributed by atoms with Crippen molar-refractivity contribution in [1.82, 2.24) is 16.2 Å². The molecule has 2 rings (SSSR count). The summed E-state index contributed by atoms with van der Waals surface area (Å²) in [5.74, 6) is -0.362. The van der Waals surface area contributed by atoms with Crippen LogP contribution in [-0.4, -0.2) is 37.3 Å². The maximum atomic E-state index is 11.8. The largest absolute Gasteiger partial charge is 0.484 e. The summed E-state index contributed by atoms with van der Waals surface area (Å²) in [6.45, 7) is 2.00. The monoisotopic (exact) mass is 407 g/mol. The molecular weight excluding hydrogens is 386 g/mol. The number of rotatable bonds is 7. The highest BCUT2D eigenvalue weighted by Crippen LogP contribution is 2.22. The van der Waals surface area contributed by atoms with Gasteiger partial charge in [0.15, 0.2) is 11.7 Å². The standard InChI is InChI=1S/C18H21N3O6S/c1-11-8-17(24)27-14-9-12(5-6-13(11)14)26-10-15(22)20-21-18(28)19-7-3-4-16(23)25-2/h5-6,8-9H,3-4,7,10H2,1-2H3,(H,20,22)(H2,19,21,28). The van der Waals surface area contributed by atoms with Crippen molar-refractivity contribution in [2.75, 3.05) is 20.3 Å². The van der Waals surface area contributed by atoms with Crippen molar-refractivity contribution in [2.45, 2.75) is 19.8 Å². The Balaban J connectivity index is 1.73. The SMILES string of the molecule is COC(=O)CCCNC(=S)NNC(=O)COc1ccc2c(C)cc(=O)oc2c1.